The lowest BCUT2D eigenvalue weighted by Gasteiger charge is -2.14. The number of nitrogens with one attached hydrogen (secondary N) is 1. The Kier molecular flexibility index (Phi) is 3.85. The van der Waals surface area contributed by atoms with Crippen molar-refractivity contribution in [1.29, 1.82) is 0 Å². The lowest BCUT2D eigenvalue weighted by molar-refractivity contribution is 0.549. The maximum atomic E-state index is 4.69. The Balaban J connectivity index is 2.11. The molecule has 1 aliphatic carbocycles. The van der Waals surface area contributed by atoms with Gasteiger partial charge in [0, 0.05) is 23.8 Å². The summed E-state index contributed by atoms with van der Waals surface area (Å²) in [5.41, 5.74) is 8.17. The van der Waals surface area contributed by atoms with Crippen LogP contribution in [0.4, 0.5) is 0 Å². The fourth-order valence-corrected chi connectivity index (χ4v) is 3.74. The second-order valence-electron chi connectivity index (χ2n) is 5.88. The second-order valence-corrected chi connectivity index (χ2v) is 5.88. The van der Waals surface area contributed by atoms with Crippen molar-refractivity contribution in [2.45, 2.75) is 53.1 Å². The lowest BCUT2D eigenvalue weighted by Crippen LogP contribution is -2.18. The lowest BCUT2D eigenvalue weighted by atomic mass is 9.95. The van der Waals surface area contributed by atoms with Gasteiger partial charge in [-0.05, 0) is 56.8 Å². The first kappa shape index (κ1) is 14.3. The Labute approximate surface area is 127 Å². The largest absolute Gasteiger partial charge is 0.310 e. The molecule has 0 bridgehead atoms. The van der Waals surface area contributed by atoms with Crippen molar-refractivity contribution >= 4 is 0 Å². The van der Waals surface area contributed by atoms with Crippen molar-refractivity contribution in [3.05, 3.63) is 40.7 Å². The van der Waals surface area contributed by atoms with Crippen LogP contribution in [0.15, 0.2) is 18.2 Å². The second kappa shape index (κ2) is 5.64. The molecule has 0 spiro atoms. The maximum absolute atomic E-state index is 4.69. The van der Waals surface area contributed by atoms with Crippen LogP contribution in [0.3, 0.4) is 0 Å². The Hall–Kier alpha value is -1.61. The number of benzene rings is 1. The summed E-state index contributed by atoms with van der Waals surface area (Å²) in [6, 6.07) is 7.27. The van der Waals surface area contributed by atoms with Crippen LogP contribution in [0.1, 0.15) is 48.8 Å². The molecule has 0 radical (unpaired) electrons. The highest BCUT2D eigenvalue weighted by Crippen LogP contribution is 2.39. The van der Waals surface area contributed by atoms with Crippen LogP contribution in [0.2, 0.25) is 0 Å². The quantitative estimate of drug-likeness (QED) is 0.925. The molecule has 0 aliphatic heterocycles. The van der Waals surface area contributed by atoms with Crippen molar-refractivity contribution in [2.24, 2.45) is 0 Å². The zero-order valence-electron chi connectivity index (χ0n) is 13.5. The van der Waals surface area contributed by atoms with E-state index in [-0.39, 0.29) is 0 Å². The molecule has 0 amide bonds. The molecule has 3 heteroatoms. The Bertz CT molecular complexity index is 655. The summed E-state index contributed by atoms with van der Waals surface area (Å²) < 4.78 is 2.11. The van der Waals surface area contributed by atoms with Crippen molar-refractivity contribution in [1.82, 2.24) is 15.1 Å². The van der Waals surface area contributed by atoms with Gasteiger partial charge >= 0.3 is 0 Å². The SMILES string of the molecule is CCNC1CCc2c(-c3c(C)nn(CC)c3C)cccc21. The Morgan fingerprint density at radius 1 is 1.29 bits per heavy atom. The molecule has 1 aliphatic rings. The highest BCUT2D eigenvalue weighted by atomic mass is 15.3. The predicted molar refractivity (Wildman–Crippen MR) is 87.5 cm³/mol. The normalized spacial score (nSPS) is 17.2. The van der Waals surface area contributed by atoms with Crippen LogP contribution >= 0.6 is 0 Å². The van der Waals surface area contributed by atoms with Crippen LogP contribution < -0.4 is 5.32 Å². The molecule has 1 unspecified atom stereocenters. The summed E-state index contributed by atoms with van der Waals surface area (Å²) in [4.78, 5) is 0. The summed E-state index contributed by atoms with van der Waals surface area (Å²) in [5, 5.41) is 8.29. The number of nitrogens with zero attached hydrogens (tertiary/aromatic N) is 2. The fourth-order valence-electron chi connectivity index (χ4n) is 3.74. The highest BCUT2D eigenvalue weighted by molar-refractivity contribution is 5.74. The molecule has 2 aromatic rings. The topological polar surface area (TPSA) is 29.9 Å². The fraction of sp³-hybridized carbons (Fsp3) is 0.500. The number of aryl methyl sites for hydroxylation is 2. The van der Waals surface area contributed by atoms with Gasteiger partial charge in [0.05, 0.1) is 5.69 Å². The minimum absolute atomic E-state index is 0.520. The smallest absolute Gasteiger partial charge is 0.0675 e. The number of fused-ring (bicyclic) bond motifs is 1. The molecule has 0 saturated carbocycles. The van der Waals surface area contributed by atoms with E-state index in [2.05, 4.69) is 61.0 Å². The van der Waals surface area contributed by atoms with E-state index < -0.39 is 0 Å². The van der Waals surface area contributed by atoms with Gasteiger partial charge in [-0.25, -0.2) is 0 Å². The van der Waals surface area contributed by atoms with Gasteiger partial charge < -0.3 is 5.32 Å². The first-order valence-corrected chi connectivity index (χ1v) is 8.06. The van der Waals surface area contributed by atoms with Crippen molar-refractivity contribution in [2.75, 3.05) is 6.54 Å². The minimum Gasteiger partial charge on any atom is -0.310 e. The molecular weight excluding hydrogens is 258 g/mol. The predicted octanol–water partition coefficient (Wildman–Crippen LogP) is 3.78. The number of rotatable bonds is 4. The van der Waals surface area contributed by atoms with Gasteiger partial charge in [0.1, 0.15) is 0 Å². The zero-order chi connectivity index (χ0) is 15.0. The molecule has 1 heterocycles. The molecule has 0 saturated heterocycles. The third kappa shape index (κ3) is 2.30. The van der Waals surface area contributed by atoms with Gasteiger partial charge in [-0.15, -0.1) is 0 Å². The van der Waals surface area contributed by atoms with Crippen molar-refractivity contribution in [3.63, 3.8) is 0 Å². The van der Waals surface area contributed by atoms with Crippen LogP contribution in [-0.4, -0.2) is 16.3 Å². The standard InChI is InChI=1S/C18H25N3/c1-5-19-17-11-10-14-15(17)8-7-9-16(14)18-12(3)20-21(6-2)13(18)4/h7-9,17,19H,5-6,10-11H2,1-4H3. The third-order valence-electron chi connectivity index (χ3n) is 4.67. The van der Waals surface area contributed by atoms with Crippen molar-refractivity contribution in [3.8, 4) is 11.1 Å². The van der Waals surface area contributed by atoms with Crippen LogP contribution in [-0.2, 0) is 13.0 Å². The number of hydrogen-bond acceptors (Lipinski definition) is 2. The average Bonchev–Trinajstić information content (AvgIpc) is 3.01. The number of aromatic nitrogens is 2. The first-order valence-electron chi connectivity index (χ1n) is 8.06. The monoisotopic (exact) mass is 283 g/mol. The van der Waals surface area contributed by atoms with E-state index in [1.54, 1.807) is 0 Å². The molecule has 1 atom stereocenters. The summed E-state index contributed by atoms with van der Waals surface area (Å²) in [6.07, 6.45) is 2.37. The third-order valence-corrected chi connectivity index (χ3v) is 4.67. The van der Waals surface area contributed by atoms with Gasteiger partial charge in [0.25, 0.3) is 0 Å². The molecule has 112 valence electrons. The van der Waals surface area contributed by atoms with Gasteiger partial charge in [-0.3, -0.25) is 4.68 Å². The molecule has 1 aromatic heterocycles. The molecule has 21 heavy (non-hydrogen) atoms. The van der Waals surface area contributed by atoms with E-state index in [1.165, 1.54) is 40.8 Å². The maximum Gasteiger partial charge on any atom is 0.0675 e. The van der Waals surface area contributed by atoms with E-state index in [4.69, 9.17) is 0 Å². The van der Waals surface area contributed by atoms with E-state index in [1.807, 2.05) is 0 Å². The van der Waals surface area contributed by atoms with E-state index in [9.17, 15) is 0 Å². The van der Waals surface area contributed by atoms with E-state index in [0.29, 0.717) is 6.04 Å². The summed E-state index contributed by atoms with van der Waals surface area (Å²) in [7, 11) is 0. The molecule has 3 nitrogen and oxygen atoms in total. The number of hydrogen-bond donors (Lipinski definition) is 1. The van der Waals surface area contributed by atoms with Crippen LogP contribution in [0, 0.1) is 13.8 Å². The molecule has 1 aromatic carbocycles. The summed E-state index contributed by atoms with van der Waals surface area (Å²) >= 11 is 0. The minimum atomic E-state index is 0.520. The van der Waals surface area contributed by atoms with Crippen molar-refractivity contribution < 1.29 is 0 Å². The summed E-state index contributed by atoms with van der Waals surface area (Å²) in [6.45, 7) is 10.6. The van der Waals surface area contributed by atoms with Gasteiger partial charge in [0.2, 0.25) is 0 Å². The van der Waals surface area contributed by atoms with Gasteiger partial charge in [-0.2, -0.15) is 5.10 Å². The van der Waals surface area contributed by atoms with Gasteiger partial charge in [0.15, 0.2) is 0 Å². The van der Waals surface area contributed by atoms with Crippen LogP contribution in [0.25, 0.3) is 11.1 Å². The molecular formula is C18H25N3. The molecule has 3 rings (SSSR count). The van der Waals surface area contributed by atoms with Gasteiger partial charge in [-0.1, -0.05) is 25.1 Å². The Morgan fingerprint density at radius 3 is 2.76 bits per heavy atom. The van der Waals surface area contributed by atoms with E-state index >= 15 is 0 Å². The first-order chi connectivity index (χ1) is 10.2. The molecule has 0 fully saturated rings. The zero-order valence-corrected chi connectivity index (χ0v) is 13.5. The average molecular weight is 283 g/mol. The summed E-state index contributed by atoms with van der Waals surface area (Å²) in [5.74, 6) is 0. The van der Waals surface area contributed by atoms with Crippen LogP contribution in [0.5, 0.6) is 0 Å². The highest BCUT2D eigenvalue weighted by Gasteiger charge is 2.26. The van der Waals surface area contributed by atoms with E-state index in [0.717, 1.165) is 18.8 Å². The Morgan fingerprint density at radius 2 is 2.10 bits per heavy atom. The molecule has 1 N–H and O–H groups in total.